The van der Waals surface area contributed by atoms with Gasteiger partial charge in [-0.1, -0.05) is 24.3 Å². The van der Waals surface area contributed by atoms with Crippen molar-refractivity contribution in [1.29, 1.82) is 0 Å². The first-order valence-corrected chi connectivity index (χ1v) is 12.3. The lowest BCUT2D eigenvalue weighted by Crippen LogP contribution is -2.44. The normalized spacial score (nSPS) is 14.5. The van der Waals surface area contributed by atoms with Crippen molar-refractivity contribution in [3.05, 3.63) is 76.9 Å². The molecule has 5 rings (SSSR count). The molecule has 170 valence electrons. The van der Waals surface area contributed by atoms with E-state index in [4.69, 9.17) is 9.72 Å². The molecule has 0 spiro atoms. The number of benzene rings is 1. The molecular formula is C26H28N4O2S. The Balaban J connectivity index is 1.28. The Labute approximate surface area is 197 Å². The minimum atomic E-state index is 0.0371. The summed E-state index contributed by atoms with van der Waals surface area (Å²) in [7, 11) is 1.68. The standard InChI is InChI=1S/C26H28N4O2S/c1-32-21-7-4-6-20(18-21)24-23-9-2-3-14-30(23)25(28-24)19-11-15-29(16-12-19)26(31)27-13-10-22-8-5-17-33-22/h2-9,14,17-19H,10-13,15-16H2,1H3,(H,27,31). The first-order valence-electron chi connectivity index (χ1n) is 11.4. The van der Waals surface area contributed by atoms with Gasteiger partial charge in [0, 0.05) is 42.2 Å². The van der Waals surface area contributed by atoms with E-state index in [2.05, 4.69) is 39.5 Å². The van der Waals surface area contributed by atoms with E-state index in [0.29, 0.717) is 12.5 Å². The number of pyridine rings is 1. The zero-order valence-electron chi connectivity index (χ0n) is 18.7. The Morgan fingerprint density at radius 2 is 2.03 bits per heavy atom. The Kier molecular flexibility index (Phi) is 6.30. The highest BCUT2D eigenvalue weighted by Gasteiger charge is 2.27. The van der Waals surface area contributed by atoms with Crippen LogP contribution in [-0.2, 0) is 6.42 Å². The van der Waals surface area contributed by atoms with Crippen LogP contribution in [0.3, 0.4) is 0 Å². The molecule has 0 atom stereocenters. The van der Waals surface area contributed by atoms with Crippen molar-refractivity contribution in [1.82, 2.24) is 19.6 Å². The van der Waals surface area contributed by atoms with Crippen LogP contribution in [-0.4, -0.2) is 47.1 Å². The van der Waals surface area contributed by atoms with E-state index in [0.717, 1.165) is 60.7 Å². The predicted molar refractivity (Wildman–Crippen MR) is 132 cm³/mol. The van der Waals surface area contributed by atoms with Gasteiger partial charge >= 0.3 is 6.03 Å². The van der Waals surface area contributed by atoms with Crippen LogP contribution in [0.5, 0.6) is 5.75 Å². The Hall–Kier alpha value is -3.32. The third-order valence-corrected chi connectivity index (χ3v) is 7.23. The maximum absolute atomic E-state index is 12.6. The van der Waals surface area contributed by atoms with Crippen molar-refractivity contribution < 1.29 is 9.53 Å². The van der Waals surface area contributed by atoms with Gasteiger partial charge in [-0.25, -0.2) is 9.78 Å². The molecule has 0 bridgehead atoms. The highest BCUT2D eigenvalue weighted by molar-refractivity contribution is 7.09. The molecule has 6 nitrogen and oxygen atoms in total. The SMILES string of the molecule is COc1cccc(-c2nc(C3CCN(C(=O)NCCc4cccs4)CC3)n3ccccc23)c1. The molecule has 0 unspecified atom stereocenters. The molecule has 0 saturated carbocycles. The molecule has 7 heteroatoms. The molecule has 4 heterocycles. The lowest BCUT2D eigenvalue weighted by molar-refractivity contribution is 0.180. The average Bonchev–Trinajstić information content (AvgIpc) is 3.52. The number of urea groups is 1. The quantitative estimate of drug-likeness (QED) is 0.430. The van der Waals surface area contributed by atoms with Gasteiger partial charge in [0.2, 0.25) is 0 Å². The topological polar surface area (TPSA) is 58.9 Å². The largest absolute Gasteiger partial charge is 0.497 e. The van der Waals surface area contributed by atoms with E-state index in [1.807, 2.05) is 41.3 Å². The average molecular weight is 461 g/mol. The summed E-state index contributed by atoms with van der Waals surface area (Å²) in [5, 5.41) is 5.14. The number of ether oxygens (including phenoxy) is 1. The van der Waals surface area contributed by atoms with Crippen LogP contribution in [0, 0.1) is 0 Å². The predicted octanol–water partition coefficient (Wildman–Crippen LogP) is 5.20. The van der Waals surface area contributed by atoms with E-state index in [1.54, 1.807) is 18.4 Å². The number of carbonyl (C=O) groups is 1. The summed E-state index contributed by atoms with van der Waals surface area (Å²) < 4.78 is 7.62. The van der Waals surface area contributed by atoms with E-state index >= 15 is 0 Å². The fourth-order valence-corrected chi connectivity index (χ4v) is 5.24. The fourth-order valence-electron chi connectivity index (χ4n) is 4.53. The molecule has 1 aliphatic heterocycles. The number of imidazole rings is 1. The van der Waals surface area contributed by atoms with Gasteiger partial charge in [-0.15, -0.1) is 11.3 Å². The van der Waals surface area contributed by atoms with Crippen molar-refractivity contribution in [2.75, 3.05) is 26.7 Å². The van der Waals surface area contributed by atoms with Crippen LogP contribution in [0.25, 0.3) is 16.8 Å². The van der Waals surface area contributed by atoms with Gasteiger partial charge in [0.25, 0.3) is 0 Å². The first kappa shape index (κ1) is 21.5. The summed E-state index contributed by atoms with van der Waals surface area (Å²) in [6.45, 7) is 2.16. The lowest BCUT2D eigenvalue weighted by atomic mass is 9.96. The van der Waals surface area contributed by atoms with Gasteiger partial charge < -0.3 is 19.4 Å². The van der Waals surface area contributed by atoms with Crippen LogP contribution >= 0.6 is 11.3 Å². The summed E-state index contributed by atoms with van der Waals surface area (Å²) in [4.78, 5) is 20.9. The number of thiophene rings is 1. The summed E-state index contributed by atoms with van der Waals surface area (Å²) in [6.07, 6.45) is 4.78. The maximum Gasteiger partial charge on any atom is 0.317 e. The highest BCUT2D eigenvalue weighted by atomic mass is 32.1. The minimum absolute atomic E-state index is 0.0371. The van der Waals surface area contributed by atoms with Gasteiger partial charge in [-0.2, -0.15) is 0 Å². The first-order chi connectivity index (χ1) is 16.2. The Morgan fingerprint density at radius 1 is 1.15 bits per heavy atom. The third-order valence-electron chi connectivity index (χ3n) is 6.29. The molecule has 0 aliphatic carbocycles. The van der Waals surface area contributed by atoms with Crippen LogP contribution in [0.2, 0.25) is 0 Å². The number of nitrogens with zero attached hydrogens (tertiary/aromatic N) is 3. The number of methoxy groups -OCH3 is 1. The molecule has 0 radical (unpaired) electrons. The van der Waals surface area contributed by atoms with Crippen molar-refractivity contribution >= 4 is 22.9 Å². The number of hydrogen-bond donors (Lipinski definition) is 1. The van der Waals surface area contributed by atoms with Gasteiger partial charge in [0.15, 0.2) is 0 Å². The zero-order chi connectivity index (χ0) is 22.6. The molecule has 1 aliphatic rings. The monoisotopic (exact) mass is 460 g/mol. The number of likely N-dealkylation sites (tertiary alicyclic amines) is 1. The fraction of sp³-hybridized carbons (Fsp3) is 0.308. The second-order valence-electron chi connectivity index (χ2n) is 8.33. The molecule has 1 aromatic carbocycles. The smallest absolute Gasteiger partial charge is 0.317 e. The number of aromatic nitrogens is 2. The van der Waals surface area contributed by atoms with Gasteiger partial charge in [0.1, 0.15) is 11.6 Å². The molecule has 33 heavy (non-hydrogen) atoms. The molecule has 1 N–H and O–H groups in total. The van der Waals surface area contributed by atoms with Crippen molar-refractivity contribution in [3.63, 3.8) is 0 Å². The molecule has 1 fully saturated rings. The van der Waals surface area contributed by atoms with E-state index in [9.17, 15) is 4.79 Å². The van der Waals surface area contributed by atoms with Crippen molar-refractivity contribution in [3.8, 4) is 17.0 Å². The molecule has 3 aromatic heterocycles. The maximum atomic E-state index is 12.6. The second-order valence-corrected chi connectivity index (χ2v) is 9.36. The van der Waals surface area contributed by atoms with Gasteiger partial charge in [-0.05, 0) is 55.0 Å². The van der Waals surface area contributed by atoms with Gasteiger partial charge in [0.05, 0.1) is 18.3 Å². The Bertz CT molecular complexity index is 1230. The lowest BCUT2D eigenvalue weighted by Gasteiger charge is -2.31. The molecular weight excluding hydrogens is 432 g/mol. The van der Waals surface area contributed by atoms with Crippen molar-refractivity contribution in [2.24, 2.45) is 0 Å². The van der Waals surface area contributed by atoms with Crippen LogP contribution in [0.1, 0.15) is 29.5 Å². The van der Waals surface area contributed by atoms with Crippen LogP contribution in [0.4, 0.5) is 4.79 Å². The molecule has 2 amide bonds. The van der Waals surface area contributed by atoms with Gasteiger partial charge in [-0.3, -0.25) is 0 Å². The highest BCUT2D eigenvalue weighted by Crippen LogP contribution is 2.33. The number of nitrogens with one attached hydrogen (secondary N) is 1. The number of rotatable bonds is 6. The number of carbonyl (C=O) groups excluding carboxylic acids is 1. The summed E-state index contributed by atoms with van der Waals surface area (Å²) in [6, 6.07) is 18.4. The number of hydrogen-bond acceptors (Lipinski definition) is 4. The number of piperidine rings is 1. The molecule has 4 aromatic rings. The second kappa shape index (κ2) is 9.67. The zero-order valence-corrected chi connectivity index (χ0v) is 19.6. The number of amides is 2. The summed E-state index contributed by atoms with van der Waals surface area (Å²) in [5.41, 5.74) is 3.11. The molecule has 1 saturated heterocycles. The van der Waals surface area contributed by atoms with Crippen molar-refractivity contribution in [2.45, 2.75) is 25.2 Å². The summed E-state index contributed by atoms with van der Waals surface area (Å²) >= 11 is 1.73. The summed E-state index contributed by atoms with van der Waals surface area (Å²) in [5.74, 6) is 2.21. The van der Waals surface area contributed by atoms with E-state index < -0.39 is 0 Å². The van der Waals surface area contributed by atoms with Crippen LogP contribution < -0.4 is 10.1 Å². The third kappa shape index (κ3) is 4.59. The minimum Gasteiger partial charge on any atom is -0.497 e. The van der Waals surface area contributed by atoms with E-state index in [-0.39, 0.29) is 6.03 Å². The number of fused-ring (bicyclic) bond motifs is 1. The Morgan fingerprint density at radius 3 is 2.82 bits per heavy atom. The van der Waals surface area contributed by atoms with Crippen LogP contribution in [0.15, 0.2) is 66.2 Å². The van der Waals surface area contributed by atoms with E-state index in [1.165, 1.54) is 4.88 Å².